The average Bonchev–Trinajstić information content (AvgIpc) is 3.24. The number of ether oxygens (including phenoxy) is 1. The van der Waals surface area contributed by atoms with Crippen LogP contribution in [0.5, 0.6) is 5.75 Å². The first-order valence-corrected chi connectivity index (χ1v) is 10.5. The molecule has 0 saturated carbocycles. The lowest BCUT2D eigenvalue weighted by Crippen LogP contribution is -2.50. The van der Waals surface area contributed by atoms with E-state index in [0.29, 0.717) is 38.3 Å². The summed E-state index contributed by atoms with van der Waals surface area (Å²) in [6.45, 7) is 2.70. The van der Waals surface area contributed by atoms with Gasteiger partial charge < -0.3 is 14.5 Å². The summed E-state index contributed by atoms with van der Waals surface area (Å²) in [5, 5.41) is 0. The first-order chi connectivity index (χ1) is 14.2. The highest BCUT2D eigenvalue weighted by Crippen LogP contribution is 2.42. The second kappa shape index (κ2) is 7.37. The smallest absolute Gasteiger partial charge is 0.264 e. The van der Waals surface area contributed by atoms with Crippen LogP contribution in [-0.2, 0) is 6.61 Å². The predicted octanol–water partition coefficient (Wildman–Crippen LogP) is 3.91. The minimum atomic E-state index is 0.0260. The average molecular weight is 404 g/mol. The van der Waals surface area contributed by atoms with E-state index in [4.69, 9.17) is 4.74 Å². The number of para-hydroxylation sites is 1. The van der Waals surface area contributed by atoms with E-state index in [1.54, 1.807) is 0 Å². The van der Waals surface area contributed by atoms with Crippen molar-refractivity contribution in [3.63, 3.8) is 0 Å². The van der Waals surface area contributed by atoms with E-state index in [1.165, 1.54) is 11.3 Å². The molecule has 0 unspecified atom stereocenters. The van der Waals surface area contributed by atoms with E-state index in [0.717, 1.165) is 26.6 Å². The number of nitrogens with zero attached hydrogens (tertiary/aromatic N) is 2. The van der Waals surface area contributed by atoms with Crippen LogP contribution in [0.25, 0.3) is 10.4 Å². The van der Waals surface area contributed by atoms with Crippen LogP contribution in [0, 0.1) is 0 Å². The van der Waals surface area contributed by atoms with Gasteiger partial charge in [-0.3, -0.25) is 9.59 Å². The molecule has 2 aliphatic heterocycles. The minimum absolute atomic E-state index is 0.0260. The number of carbonyl (C=O) groups is 2. The van der Waals surface area contributed by atoms with Gasteiger partial charge in [0.25, 0.3) is 11.8 Å². The lowest BCUT2D eigenvalue weighted by atomic mass is 10.1. The zero-order chi connectivity index (χ0) is 19.8. The van der Waals surface area contributed by atoms with Crippen LogP contribution in [0.3, 0.4) is 0 Å². The number of fused-ring (bicyclic) bond motifs is 3. The van der Waals surface area contributed by atoms with Crippen molar-refractivity contribution in [3.05, 3.63) is 76.7 Å². The SMILES string of the molecule is O=C(c1ccccc1)N1CCN(C(=O)c2cc3c(s2)-c2ccccc2OC3)CC1. The zero-order valence-corrected chi connectivity index (χ0v) is 16.7. The highest BCUT2D eigenvalue weighted by Gasteiger charge is 2.28. The van der Waals surface area contributed by atoms with Crippen LogP contribution in [0.15, 0.2) is 60.7 Å². The molecule has 2 aliphatic rings. The summed E-state index contributed by atoms with van der Waals surface area (Å²) in [6, 6.07) is 19.2. The van der Waals surface area contributed by atoms with Crippen molar-refractivity contribution in [2.24, 2.45) is 0 Å². The van der Waals surface area contributed by atoms with Crippen molar-refractivity contribution >= 4 is 23.2 Å². The lowest BCUT2D eigenvalue weighted by Gasteiger charge is -2.34. The molecule has 1 saturated heterocycles. The number of rotatable bonds is 2. The van der Waals surface area contributed by atoms with Crippen molar-refractivity contribution in [1.29, 1.82) is 0 Å². The molecule has 5 rings (SSSR count). The zero-order valence-electron chi connectivity index (χ0n) is 15.8. The molecule has 3 heterocycles. The molecule has 5 nitrogen and oxygen atoms in total. The Balaban J connectivity index is 1.29. The van der Waals surface area contributed by atoms with Crippen LogP contribution >= 0.6 is 11.3 Å². The van der Waals surface area contributed by atoms with Gasteiger partial charge in [0, 0.05) is 47.7 Å². The number of hydrogen-bond acceptors (Lipinski definition) is 4. The molecule has 3 aromatic rings. The van der Waals surface area contributed by atoms with Crippen molar-refractivity contribution in [3.8, 4) is 16.2 Å². The second-order valence-electron chi connectivity index (χ2n) is 7.20. The molecule has 29 heavy (non-hydrogen) atoms. The van der Waals surface area contributed by atoms with Crippen LogP contribution in [-0.4, -0.2) is 47.8 Å². The van der Waals surface area contributed by atoms with E-state index in [1.807, 2.05) is 70.5 Å². The van der Waals surface area contributed by atoms with E-state index in [2.05, 4.69) is 0 Å². The quantitative estimate of drug-likeness (QED) is 0.651. The molecule has 0 spiro atoms. The van der Waals surface area contributed by atoms with Gasteiger partial charge in [-0.05, 0) is 30.3 Å². The maximum atomic E-state index is 13.1. The lowest BCUT2D eigenvalue weighted by molar-refractivity contribution is 0.0538. The Morgan fingerprint density at radius 1 is 0.828 bits per heavy atom. The summed E-state index contributed by atoms with van der Waals surface area (Å²) in [4.78, 5) is 31.2. The molecule has 6 heteroatoms. The molecule has 1 fully saturated rings. The normalized spacial score (nSPS) is 15.3. The summed E-state index contributed by atoms with van der Waals surface area (Å²) < 4.78 is 5.81. The van der Waals surface area contributed by atoms with Crippen molar-refractivity contribution < 1.29 is 14.3 Å². The highest BCUT2D eigenvalue weighted by molar-refractivity contribution is 7.17. The Bertz CT molecular complexity index is 1070. The summed E-state index contributed by atoms with van der Waals surface area (Å²) in [6.07, 6.45) is 0. The maximum Gasteiger partial charge on any atom is 0.264 e. The van der Waals surface area contributed by atoms with Crippen LogP contribution in [0.2, 0.25) is 0 Å². The standard InChI is InChI=1S/C23H20N2O3S/c26-22(16-6-2-1-3-7-16)24-10-12-25(13-11-24)23(27)20-14-17-15-28-19-9-5-4-8-18(19)21(17)29-20/h1-9,14H,10-13,15H2. The van der Waals surface area contributed by atoms with Gasteiger partial charge in [0.15, 0.2) is 0 Å². The molecular weight excluding hydrogens is 384 g/mol. The highest BCUT2D eigenvalue weighted by atomic mass is 32.1. The Labute approximate surface area is 173 Å². The fourth-order valence-electron chi connectivity index (χ4n) is 3.84. The van der Waals surface area contributed by atoms with E-state index in [9.17, 15) is 9.59 Å². The molecule has 1 aromatic heterocycles. The van der Waals surface area contributed by atoms with Crippen LogP contribution in [0.1, 0.15) is 25.6 Å². The summed E-state index contributed by atoms with van der Waals surface area (Å²) in [5.74, 6) is 0.931. The molecule has 2 amide bonds. The fourth-order valence-corrected chi connectivity index (χ4v) is 5.00. The van der Waals surface area contributed by atoms with Gasteiger partial charge in [-0.2, -0.15) is 0 Å². The number of hydrogen-bond donors (Lipinski definition) is 0. The Hall–Kier alpha value is -3.12. The first-order valence-electron chi connectivity index (χ1n) is 9.69. The number of carbonyl (C=O) groups excluding carboxylic acids is 2. The van der Waals surface area contributed by atoms with Gasteiger partial charge in [0.05, 0.1) is 4.88 Å². The Morgan fingerprint density at radius 3 is 2.24 bits per heavy atom. The van der Waals surface area contributed by atoms with Gasteiger partial charge in [-0.25, -0.2) is 0 Å². The molecule has 0 N–H and O–H groups in total. The maximum absolute atomic E-state index is 13.1. The van der Waals surface area contributed by atoms with Gasteiger partial charge in [-0.15, -0.1) is 11.3 Å². The molecule has 0 atom stereocenters. The first kappa shape index (κ1) is 17.9. The minimum Gasteiger partial charge on any atom is -0.488 e. The fraction of sp³-hybridized carbons (Fsp3) is 0.217. The number of amides is 2. The summed E-state index contributed by atoms with van der Waals surface area (Å²) in [5.41, 5.74) is 2.81. The third-order valence-corrected chi connectivity index (χ3v) is 6.61. The topological polar surface area (TPSA) is 49.9 Å². The van der Waals surface area contributed by atoms with Gasteiger partial charge in [0.2, 0.25) is 0 Å². The Morgan fingerprint density at radius 2 is 1.48 bits per heavy atom. The third kappa shape index (κ3) is 3.29. The summed E-state index contributed by atoms with van der Waals surface area (Å²) >= 11 is 1.53. The van der Waals surface area contributed by atoms with Gasteiger partial charge in [0.1, 0.15) is 12.4 Å². The monoisotopic (exact) mass is 404 g/mol. The van der Waals surface area contributed by atoms with E-state index < -0.39 is 0 Å². The van der Waals surface area contributed by atoms with Crippen LogP contribution in [0.4, 0.5) is 0 Å². The molecule has 0 radical (unpaired) electrons. The molecule has 146 valence electrons. The predicted molar refractivity (Wildman–Crippen MR) is 112 cm³/mol. The Kier molecular flexibility index (Phi) is 4.56. The van der Waals surface area contributed by atoms with Crippen LogP contribution < -0.4 is 4.74 Å². The van der Waals surface area contributed by atoms with Crippen molar-refractivity contribution in [2.75, 3.05) is 26.2 Å². The summed E-state index contributed by atoms with van der Waals surface area (Å²) in [7, 11) is 0. The largest absolute Gasteiger partial charge is 0.488 e. The van der Waals surface area contributed by atoms with Gasteiger partial charge in [-0.1, -0.05) is 30.3 Å². The number of piperazine rings is 1. The van der Waals surface area contributed by atoms with Crippen molar-refractivity contribution in [2.45, 2.75) is 6.61 Å². The third-order valence-electron chi connectivity index (χ3n) is 5.41. The molecule has 2 aromatic carbocycles. The number of thiophene rings is 1. The molecule has 0 bridgehead atoms. The number of benzene rings is 2. The molecular formula is C23H20N2O3S. The second-order valence-corrected chi connectivity index (χ2v) is 8.25. The van der Waals surface area contributed by atoms with E-state index in [-0.39, 0.29) is 11.8 Å². The van der Waals surface area contributed by atoms with Crippen molar-refractivity contribution in [1.82, 2.24) is 9.80 Å². The van der Waals surface area contributed by atoms with Gasteiger partial charge >= 0.3 is 0 Å². The van der Waals surface area contributed by atoms with E-state index >= 15 is 0 Å². The molecule has 0 aliphatic carbocycles.